The number of hydrogen-bond donors (Lipinski definition) is 2. The number of nitrogens with two attached hydrogens (primary N) is 1. The van der Waals surface area contributed by atoms with E-state index in [0.29, 0.717) is 30.3 Å². The second kappa shape index (κ2) is 7.47. The topological polar surface area (TPSA) is 84.7 Å². The summed E-state index contributed by atoms with van der Waals surface area (Å²) >= 11 is 0. The van der Waals surface area contributed by atoms with Crippen LogP contribution in [-0.2, 0) is 0 Å². The summed E-state index contributed by atoms with van der Waals surface area (Å²) in [4.78, 5) is 25.6. The maximum atomic E-state index is 12.6. The molecule has 3 rings (SSSR count). The summed E-state index contributed by atoms with van der Waals surface area (Å²) in [6.45, 7) is 3.23. The van der Waals surface area contributed by atoms with Gasteiger partial charge in [-0.05, 0) is 54.8 Å². The van der Waals surface area contributed by atoms with Crippen LogP contribution >= 0.6 is 0 Å². The highest BCUT2D eigenvalue weighted by Gasteiger charge is 2.27. The number of aryl methyl sites for hydroxylation is 1. The van der Waals surface area contributed by atoms with Gasteiger partial charge in [0.25, 0.3) is 0 Å². The van der Waals surface area contributed by atoms with Crippen LogP contribution in [-0.4, -0.2) is 37.0 Å². The molecule has 1 aliphatic heterocycles. The third kappa shape index (κ3) is 3.79. The lowest BCUT2D eigenvalue weighted by molar-refractivity contribution is 0.1000. The molecule has 1 aliphatic rings. The van der Waals surface area contributed by atoms with Crippen molar-refractivity contribution in [3.63, 3.8) is 0 Å². The van der Waals surface area contributed by atoms with E-state index in [1.165, 1.54) is 5.56 Å². The van der Waals surface area contributed by atoms with E-state index < -0.39 is 5.91 Å². The molecular formula is C20H23N3O3. The van der Waals surface area contributed by atoms with Crippen molar-refractivity contribution in [3.8, 4) is 5.75 Å². The standard InChI is InChI=1S/C20H23N3O3/c1-13-11-15(19(21)24)5-8-18(13)22-20(25)23-10-9-16(12-23)14-3-6-17(26-2)7-4-14/h3-8,11,16H,9-10,12H2,1-2H3,(H2,21,24)(H,22,25). The van der Waals surface area contributed by atoms with Gasteiger partial charge in [0, 0.05) is 30.3 Å². The molecule has 136 valence electrons. The van der Waals surface area contributed by atoms with E-state index in [9.17, 15) is 9.59 Å². The molecule has 6 nitrogen and oxygen atoms in total. The van der Waals surface area contributed by atoms with E-state index in [0.717, 1.165) is 17.7 Å². The Morgan fingerprint density at radius 1 is 1.19 bits per heavy atom. The predicted molar refractivity (Wildman–Crippen MR) is 101 cm³/mol. The number of primary amides is 1. The summed E-state index contributed by atoms with van der Waals surface area (Å²) in [6, 6.07) is 12.9. The summed E-state index contributed by atoms with van der Waals surface area (Å²) in [5.74, 6) is 0.675. The van der Waals surface area contributed by atoms with Crippen molar-refractivity contribution in [2.45, 2.75) is 19.3 Å². The Labute approximate surface area is 152 Å². The zero-order valence-electron chi connectivity index (χ0n) is 15.0. The SMILES string of the molecule is COc1ccc(C2CCN(C(=O)Nc3ccc(C(N)=O)cc3C)C2)cc1. The van der Waals surface area contributed by atoms with E-state index >= 15 is 0 Å². The largest absolute Gasteiger partial charge is 0.497 e. The van der Waals surface area contributed by atoms with E-state index in [1.54, 1.807) is 25.3 Å². The van der Waals surface area contributed by atoms with Crippen LogP contribution < -0.4 is 15.8 Å². The van der Waals surface area contributed by atoms with Crippen LogP contribution in [0.1, 0.15) is 33.8 Å². The Kier molecular flexibility index (Phi) is 5.11. The quantitative estimate of drug-likeness (QED) is 0.886. The molecule has 1 saturated heterocycles. The first kappa shape index (κ1) is 17.8. The zero-order chi connectivity index (χ0) is 18.7. The normalized spacial score (nSPS) is 16.4. The fourth-order valence-electron chi connectivity index (χ4n) is 3.24. The number of rotatable bonds is 4. The molecule has 2 aromatic rings. The number of benzene rings is 2. The fraction of sp³-hybridized carbons (Fsp3) is 0.300. The summed E-state index contributed by atoms with van der Waals surface area (Å²) in [7, 11) is 1.65. The molecule has 1 atom stereocenters. The molecule has 0 bridgehead atoms. The van der Waals surface area contributed by atoms with E-state index in [-0.39, 0.29) is 6.03 Å². The van der Waals surface area contributed by atoms with Gasteiger partial charge in [0.2, 0.25) is 5.91 Å². The molecule has 0 spiro atoms. The van der Waals surface area contributed by atoms with Crippen molar-refractivity contribution >= 4 is 17.6 Å². The predicted octanol–water partition coefficient (Wildman–Crippen LogP) is 3.12. The van der Waals surface area contributed by atoms with Crippen molar-refractivity contribution in [2.24, 2.45) is 5.73 Å². The minimum absolute atomic E-state index is 0.129. The van der Waals surface area contributed by atoms with Crippen molar-refractivity contribution in [3.05, 3.63) is 59.2 Å². The highest BCUT2D eigenvalue weighted by molar-refractivity contribution is 5.95. The summed E-state index contributed by atoms with van der Waals surface area (Å²) in [5.41, 5.74) is 8.42. The van der Waals surface area contributed by atoms with Gasteiger partial charge in [-0.2, -0.15) is 0 Å². The molecule has 3 N–H and O–H groups in total. The average molecular weight is 353 g/mol. The number of nitrogens with zero attached hydrogens (tertiary/aromatic N) is 1. The molecule has 1 unspecified atom stereocenters. The van der Waals surface area contributed by atoms with Crippen LogP contribution in [0.5, 0.6) is 5.75 Å². The molecule has 0 aliphatic carbocycles. The molecule has 0 aromatic heterocycles. The van der Waals surface area contributed by atoms with Gasteiger partial charge >= 0.3 is 6.03 Å². The smallest absolute Gasteiger partial charge is 0.321 e. The van der Waals surface area contributed by atoms with Gasteiger partial charge in [0.1, 0.15) is 5.75 Å². The number of ether oxygens (including phenoxy) is 1. The lowest BCUT2D eigenvalue weighted by Crippen LogP contribution is -2.33. The summed E-state index contributed by atoms with van der Waals surface area (Å²) in [6.07, 6.45) is 0.930. The van der Waals surface area contributed by atoms with Gasteiger partial charge in [-0.15, -0.1) is 0 Å². The number of carbonyl (C=O) groups is 2. The van der Waals surface area contributed by atoms with Crippen LogP contribution in [0.25, 0.3) is 0 Å². The Bertz CT molecular complexity index is 818. The average Bonchev–Trinajstić information content (AvgIpc) is 3.13. The number of carbonyl (C=O) groups excluding carboxylic acids is 2. The number of likely N-dealkylation sites (tertiary alicyclic amines) is 1. The molecule has 26 heavy (non-hydrogen) atoms. The lowest BCUT2D eigenvalue weighted by atomic mass is 9.98. The zero-order valence-corrected chi connectivity index (χ0v) is 15.0. The summed E-state index contributed by atoms with van der Waals surface area (Å²) in [5, 5.41) is 2.92. The van der Waals surface area contributed by atoms with E-state index in [2.05, 4.69) is 17.4 Å². The van der Waals surface area contributed by atoms with Gasteiger partial charge in [-0.1, -0.05) is 12.1 Å². The number of anilines is 1. The number of amides is 3. The monoisotopic (exact) mass is 353 g/mol. The minimum Gasteiger partial charge on any atom is -0.497 e. The molecule has 1 heterocycles. The number of hydrogen-bond acceptors (Lipinski definition) is 3. The van der Waals surface area contributed by atoms with Crippen LogP contribution in [0.4, 0.5) is 10.5 Å². The van der Waals surface area contributed by atoms with Crippen LogP contribution in [0.2, 0.25) is 0 Å². The first-order chi connectivity index (χ1) is 12.5. The van der Waals surface area contributed by atoms with Crippen molar-refractivity contribution < 1.29 is 14.3 Å². The highest BCUT2D eigenvalue weighted by atomic mass is 16.5. The number of nitrogens with one attached hydrogen (secondary N) is 1. The van der Waals surface area contributed by atoms with Crippen LogP contribution in [0, 0.1) is 6.92 Å². The van der Waals surface area contributed by atoms with Crippen LogP contribution in [0.3, 0.4) is 0 Å². The van der Waals surface area contributed by atoms with Gasteiger partial charge in [-0.3, -0.25) is 4.79 Å². The highest BCUT2D eigenvalue weighted by Crippen LogP contribution is 2.29. The van der Waals surface area contributed by atoms with Crippen LogP contribution in [0.15, 0.2) is 42.5 Å². The van der Waals surface area contributed by atoms with Gasteiger partial charge in [-0.25, -0.2) is 4.79 Å². The van der Waals surface area contributed by atoms with Gasteiger partial charge < -0.3 is 20.7 Å². The second-order valence-corrected chi connectivity index (χ2v) is 6.53. The summed E-state index contributed by atoms with van der Waals surface area (Å²) < 4.78 is 5.19. The molecule has 1 fully saturated rings. The Morgan fingerprint density at radius 2 is 1.92 bits per heavy atom. The molecule has 0 radical (unpaired) electrons. The Hall–Kier alpha value is -3.02. The Morgan fingerprint density at radius 3 is 2.54 bits per heavy atom. The second-order valence-electron chi connectivity index (χ2n) is 6.53. The number of urea groups is 1. The van der Waals surface area contributed by atoms with E-state index in [1.807, 2.05) is 24.0 Å². The lowest BCUT2D eigenvalue weighted by Gasteiger charge is -2.19. The Balaban J connectivity index is 1.63. The van der Waals surface area contributed by atoms with Gasteiger partial charge in [0.05, 0.1) is 7.11 Å². The third-order valence-electron chi connectivity index (χ3n) is 4.82. The van der Waals surface area contributed by atoms with Crippen molar-refractivity contribution in [1.82, 2.24) is 4.90 Å². The van der Waals surface area contributed by atoms with Crippen molar-refractivity contribution in [1.29, 1.82) is 0 Å². The third-order valence-corrected chi connectivity index (χ3v) is 4.82. The van der Waals surface area contributed by atoms with E-state index in [4.69, 9.17) is 10.5 Å². The molecule has 6 heteroatoms. The van der Waals surface area contributed by atoms with Crippen molar-refractivity contribution in [2.75, 3.05) is 25.5 Å². The number of methoxy groups -OCH3 is 1. The van der Waals surface area contributed by atoms with Gasteiger partial charge in [0.15, 0.2) is 0 Å². The first-order valence-electron chi connectivity index (χ1n) is 8.58. The maximum absolute atomic E-state index is 12.6. The molecular weight excluding hydrogens is 330 g/mol. The fourth-order valence-corrected chi connectivity index (χ4v) is 3.24. The molecule has 3 amide bonds. The first-order valence-corrected chi connectivity index (χ1v) is 8.58. The maximum Gasteiger partial charge on any atom is 0.321 e. The minimum atomic E-state index is -0.479. The molecule has 0 saturated carbocycles. The molecule has 2 aromatic carbocycles.